The average molecular weight is 501 g/mol. The van der Waals surface area contributed by atoms with Crippen molar-refractivity contribution in [2.24, 2.45) is 0 Å². The highest BCUT2D eigenvalue weighted by Crippen LogP contribution is 2.41. The van der Waals surface area contributed by atoms with Crippen LogP contribution >= 0.6 is 0 Å². The molecule has 37 heavy (non-hydrogen) atoms. The van der Waals surface area contributed by atoms with Gasteiger partial charge in [0.05, 0.1) is 31.1 Å². The standard InChI is InChI=1S/C30H32N2O5/c1-18-19(2)25(37-26-14-15-31-22-17-28(36-7)27(35-6)16-20(22)26)13-12-23(18)32(29(33)34)24-11-9-8-10-21(24)30(3,4)5/h8-17H,1-7H3,(H,33,34). The van der Waals surface area contributed by atoms with Crippen molar-refractivity contribution in [3.8, 4) is 23.0 Å². The zero-order valence-electron chi connectivity index (χ0n) is 22.2. The number of hydrogen-bond acceptors (Lipinski definition) is 5. The number of carbonyl (C=O) groups is 1. The van der Waals surface area contributed by atoms with E-state index in [0.29, 0.717) is 39.9 Å². The summed E-state index contributed by atoms with van der Waals surface area (Å²) in [5.74, 6) is 2.39. The maximum absolute atomic E-state index is 12.5. The summed E-state index contributed by atoms with van der Waals surface area (Å²) in [6, 6.07) is 16.6. The maximum atomic E-state index is 12.5. The van der Waals surface area contributed by atoms with Crippen molar-refractivity contribution in [2.45, 2.75) is 40.0 Å². The summed E-state index contributed by atoms with van der Waals surface area (Å²) in [5, 5.41) is 11.0. The summed E-state index contributed by atoms with van der Waals surface area (Å²) in [5.41, 5.74) is 4.28. The number of methoxy groups -OCH3 is 2. The molecule has 192 valence electrons. The van der Waals surface area contributed by atoms with Gasteiger partial charge < -0.3 is 19.3 Å². The molecule has 4 rings (SSSR count). The van der Waals surface area contributed by atoms with Gasteiger partial charge in [0.15, 0.2) is 11.5 Å². The van der Waals surface area contributed by atoms with Crippen molar-refractivity contribution in [2.75, 3.05) is 19.1 Å². The third kappa shape index (κ3) is 4.89. The summed E-state index contributed by atoms with van der Waals surface area (Å²) in [4.78, 5) is 18.3. The number of rotatable bonds is 6. The molecular weight excluding hydrogens is 468 g/mol. The first-order valence-electron chi connectivity index (χ1n) is 12.0. The lowest BCUT2D eigenvalue weighted by Crippen LogP contribution is -2.28. The molecular formula is C30H32N2O5. The van der Waals surface area contributed by atoms with E-state index in [2.05, 4.69) is 25.8 Å². The van der Waals surface area contributed by atoms with Crippen LogP contribution in [0, 0.1) is 13.8 Å². The van der Waals surface area contributed by atoms with E-state index < -0.39 is 6.09 Å². The van der Waals surface area contributed by atoms with E-state index in [-0.39, 0.29) is 5.41 Å². The quantitative estimate of drug-likeness (QED) is 0.291. The maximum Gasteiger partial charge on any atom is 0.416 e. The summed E-state index contributed by atoms with van der Waals surface area (Å²) in [7, 11) is 3.16. The van der Waals surface area contributed by atoms with Gasteiger partial charge in [-0.2, -0.15) is 0 Å². The molecule has 0 saturated carbocycles. The van der Waals surface area contributed by atoms with Crippen LogP contribution in [0.15, 0.2) is 60.8 Å². The van der Waals surface area contributed by atoms with Crippen LogP contribution in [0.3, 0.4) is 0 Å². The second-order valence-electron chi connectivity index (χ2n) is 9.85. The van der Waals surface area contributed by atoms with Crippen molar-refractivity contribution in [1.82, 2.24) is 4.98 Å². The van der Waals surface area contributed by atoms with Gasteiger partial charge in [-0.3, -0.25) is 4.98 Å². The van der Waals surface area contributed by atoms with E-state index in [4.69, 9.17) is 14.2 Å². The Morgan fingerprint density at radius 1 is 0.838 bits per heavy atom. The minimum absolute atomic E-state index is 0.234. The number of anilines is 2. The Labute approximate surface area is 217 Å². The highest BCUT2D eigenvalue weighted by Gasteiger charge is 2.27. The molecule has 0 bridgehead atoms. The Bertz CT molecular complexity index is 1470. The zero-order valence-corrected chi connectivity index (χ0v) is 22.2. The Morgan fingerprint density at radius 2 is 1.51 bits per heavy atom. The summed E-state index contributed by atoms with van der Waals surface area (Å²) in [6.07, 6.45) is 0.629. The second kappa shape index (κ2) is 10.0. The first-order valence-corrected chi connectivity index (χ1v) is 12.0. The third-order valence-corrected chi connectivity index (χ3v) is 6.52. The second-order valence-corrected chi connectivity index (χ2v) is 9.85. The fourth-order valence-corrected chi connectivity index (χ4v) is 4.43. The number of hydrogen-bond donors (Lipinski definition) is 1. The molecule has 0 unspecified atom stereocenters. The monoisotopic (exact) mass is 500 g/mol. The number of aromatic nitrogens is 1. The Morgan fingerprint density at radius 3 is 2.16 bits per heavy atom. The molecule has 4 aromatic rings. The van der Waals surface area contributed by atoms with Crippen LogP contribution in [0.1, 0.15) is 37.5 Å². The van der Waals surface area contributed by atoms with Gasteiger partial charge >= 0.3 is 6.09 Å². The fourth-order valence-electron chi connectivity index (χ4n) is 4.43. The average Bonchev–Trinajstić information content (AvgIpc) is 2.87. The topological polar surface area (TPSA) is 81.1 Å². The predicted molar refractivity (Wildman–Crippen MR) is 146 cm³/mol. The molecule has 0 atom stereocenters. The number of carboxylic acid groups (broad SMARTS) is 1. The molecule has 0 spiro atoms. The number of para-hydroxylation sites is 1. The molecule has 0 aliphatic heterocycles. The first-order chi connectivity index (χ1) is 17.6. The Kier molecular flexibility index (Phi) is 6.99. The minimum Gasteiger partial charge on any atom is -0.493 e. The SMILES string of the molecule is COc1cc2nccc(Oc3ccc(N(C(=O)O)c4ccccc4C(C)(C)C)c(C)c3C)c2cc1OC. The van der Waals surface area contributed by atoms with Gasteiger partial charge in [0, 0.05) is 17.6 Å². The summed E-state index contributed by atoms with van der Waals surface area (Å²) >= 11 is 0. The van der Waals surface area contributed by atoms with E-state index in [1.165, 1.54) is 4.90 Å². The van der Waals surface area contributed by atoms with Gasteiger partial charge in [-0.05, 0) is 66.3 Å². The van der Waals surface area contributed by atoms with Crippen LogP contribution in [0.5, 0.6) is 23.0 Å². The molecule has 7 nitrogen and oxygen atoms in total. The van der Waals surface area contributed by atoms with Crippen molar-refractivity contribution in [1.29, 1.82) is 0 Å². The van der Waals surface area contributed by atoms with Crippen molar-refractivity contribution in [3.63, 3.8) is 0 Å². The molecule has 0 radical (unpaired) electrons. The number of ether oxygens (including phenoxy) is 3. The Hall–Kier alpha value is -4.26. The summed E-state index contributed by atoms with van der Waals surface area (Å²) in [6.45, 7) is 10.1. The van der Waals surface area contributed by atoms with Gasteiger partial charge in [0.2, 0.25) is 0 Å². The molecule has 0 saturated heterocycles. The number of benzene rings is 3. The normalized spacial score (nSPS) is 11.3. The first kappa shape index (κ1) is 25.8. The largest absolute Gasteiger partial charge is 0.493 e. The lowest BCUT2D eigenvalue weighted by Gasteiger charge is -2.30. The van der Waals surface area contributed by atoms with Crippen LogP contribution in [0.25, 0.3) is 10.9 Å². The van der Waals surface area contributed by atoms with Crippen LogP contribution in [0.4, 0.5) is 16.2 Å². The van der Waals surface area contributed by atoms with Crippen LogP contribution in [0.2, 0.25) is 0 Å². The molecule has 0 aliphatic carbocycles. The molecule has 1 N–H and O–H groups in total. The van der Waals surface area contributed by atoms with Crippen LogP contribution in [-0.4, -0.2) is 30.4 Å². The van der Waals surface area contributed by atoms with Gasteiger partial charge in [-0.25, -0.2) is 9.69 Å². The molecule has 1 amide bonds. The van der Waals surface area contributed by atoms with E-state index in [1.54, 1.807) is 44.7 Å². The lowest BCUT2D eigenvalue weighted by atomic mass is 9.85. The molecule has 3 aromatic carbocycles. The fraction of sp³-hybridized carbons (Fsp3) is 0.267. The van der Waals surface area contributed by atoms with E-state index in [0.717, 1.165) is 22.1 Å². The predicted octanol–water partition coefficient (Wildman–Crippen LogP) is 7.77. The molecule has 1 aromatic heterocycles. The van der Waals surface area contributed by atoms with Gasteiger partial charge in [-0.15, -0.1) is 0 Å². The highest BCUT2D eigenvalue weighted by molar-refractivity contribution is 5.97. The van der Waals surface area contributed by atoms with Gasteiger partial charge in [0.25, 0.3) is 0 Å². The van der Waals surface area contributed by atoms with Crippen LogP contribution < -0.4 is 19.1 Å². The smallest absolute Gasteiger partial charge is 0.416 e. The third-order valence-electron chi connectivity index (χ3n) is 6.52. The summed E-state index contributed by atoms with van der Waals surface area (Å²) < 4.78 is 17.2. The van der Waals surface area contributed by atoms with Crippen LogP contribution in [-0.2, 0) is 5.41 Å². The van der Waals surface area contributed by atoms with E-state index in [1.807, 2.05) is 44.2 Å². The molecule has 1 heterocycles. The lowest BCUT2D eigenvalue weighted by molar-refractivity contribution is 0.204. The number of nitrogens with zero attached hydrogens (tertiary/aromatic N) is 2. The molecule has 7 heteroatoms. The number of amides is 1. The van der Waals surface area contributed by atoms with Gasteiger partial charge in [-0.1, -0.05) is 39.0 Å². The molecule has 0 fully saturated rings. The Balaban J connectivity index is 1.79. The van der Waals surface area contributed by atoms with Crippen molar-refractivity contribution < 1.29 is 24.1 Å². The number of fused-ring (bicyclic) bond motifs is 1. The minimum atomic E-state index is -1.05. The van der Waals surface area contributed by atoms with Crippen molar-refractivity contribution >= 4 is 28.4 Å². The molecule has 0 aliphatic rings. The van der Waals surface area contributed by atoms with Crippen molar-refractivity contribution in [3.05, 3.63) is 77.5 Å². The van der Waals surface area contributed by atoms with E-state index in [9.17, 15) is 9.90 Å². The van der Waals surface area contributed by atoms with E-state index >= 15 is 0 Å². The zero-order chi connectivity index (χ0) is 26.9. The van der Waals surface area contributed by atoms with Gasteiger partial charge in [0.1, 0.15) is 11.5 Å². The number of pyridine rings is 1. The highest BCUT2D eigenvalue weighted by atomic mass is 16.5.